The quantitative estimate of drug-likeness (QED) is 0.798. The molecule has 0 amide bonds. The lowest BCUT2D eigenvalue weighted by molar-refractivity contribution is -0.134. The molecule has 0 radical (unpaired) electrons. The highest BCUT2D eigenvalue weighted by molar-refractivity contribution is 5.19. The SMILES string of the molecule is CCN1CCN(O)CC1c1ccccc1. The van der Waals surface area contributed by atoms with Gasteiger partial charge in [-0.1, -0.05) is 37.3 Å². The minimum absolute atomic E-state index is 0.329. The summed E-state index contributed by atoms with van der Waals surface area (Å²) in [6.45, 7) is 5.60. The Hall–Kier alpha value is -0.900. The topological polar surface area (TPSA) is 26.7 Å². The van der Waals surface area contributed by atoms with Crippen LogP contribution in [0.3, 0.4) is 0 Å². The molecule has 1 fully saturated rings. The maximum absolute atomic E-state index is 9.56. The zero-order valence-corrected chi connectivity index (χ0v) is 9.13. The Morgan fingerprint density at radius 2 is 2.00 bits per heavy atom. The van der Waals surface area contributed by atoms with Crippen molar-refractivity contribution >= 4 is 0 Å². The predicted octanol–water partition coefficient (Wildman–Crippen LogP) is 1.75. The average Bonchev–Trinajstić information content (AvgIpc) is 2.30. The van der Waals surface area contributed by atoms with Crippen LogP contribution in [-0.2, 0) is 0 Å². The molecular formula is C12H18N2O. The van der Waals surface area contributed by atoms with Gasteiger partial charge in [-0.15, -0.1) is 0 Å². The fraction of sp³-hybridized carbons (Fsp3) is 0.500. The van der Waals surface area contributed by atoms with E-state index in [0.29, 0.717) is 12.6 Å². The molecule has 2 rings (SSSR count). The number of piperazine rings is 1. The molecule has 0 bridgehead atoms. The molecule has 0 aromatic heterocycles. The fourth-order valence-electron chi connectivity index (χ4n) is 2.18. The lowest BCUT2D eigenvalue weighted by Gasteiger charge is -2.38. The number of hydrogen-bond donors (Lipinski definition) is 1. The molecule has 1 saturated heterocycles. The number of likely N-dealkylation sites (N-methyl/N-ethyl adjacent to an activating group) is 1. The zero-order valence-electron chi connectivity index (χ0n) is 9.13. The number of nitrogens with zero attached hydrogens (tertiary/aromatic N) is 2. The van der Waals surface area contributed by atoms with E-state index in [1.807, 2.05) is 6.07 Å². The van der Waals surface area contributed by atoms with E-state index in [4.69, 9.17) is 0 Å². The first-order valence-electron chi connectivity index (χ1n) is 5.54. The van der Waals surface area contributed by atoms with Crippen LogP contribution in [0, 0.1) is 0 Å². The molecule has 15 heavy (non-hydrogen) atoms. The van der Waals surface area contributed by atoms with Crippen LogP contribution in [0.2, 0.25) is 0 Å². The molecule has 3 heteroatoms. The Morgan fingerprint density at radius 3 is 2.67 bits per heavy atom. The van der Waals surface area contributed by atoms with Gasteiger partial charge in [0.15, 0.2) is 0 Å². The van der Waals surface area contributed by atoms with Gasteiger partial charge in [-0.25, -0.2) is 0 Å². The van der Waals surface area contributed by atoms with Crippen LogP contribution in [0.15, 0.2) is 30.3 Å². The molecule has 1 aromatic carbocycles. The lowest BCUT2D eigenvalue weighted by Crippen LogP contribution is -2.46. The van der Waals surface area contributed by atoms with Crippen molar-refractivity contribution in [3.8, 4) is 0 Å². The molecule has 1 heterocycles. The first kappa shape index (κ1) is 10.6. The summed E-state index contributed by atoms with van der Waals surface area (Å²) in [7, 11) is 0. The Labute approximate surface area is 90.9 Å². The zero-order chi connectivity index (χ0) is 10.7. The highest BCUT2D eigenvalue weighted by atomic mass is 16.5. The largest absolute Gasteiger partial charge is 0.314 e. The predicted molar refractivity (Wildman–Crippen MR) is 59.8 cm³/mol. The van der Waals surface area contributed by atoms with E-state index in [2.05, 4.69) is 36.1 Å². The Bertz CT molecular complexity index is 302. The highest BCUT2D eigenvalue weighted by Gasteiger charge is 2.25. The normalized spacial score (nSPS) is 24.3. The summed E-state index contributed by atoms with van der Waals surface area (Å²) in [4.78, 5) is 2.40. The van der Waals surface area contributed by atoms with Crippen molar-refractivity contribution in [2.45, 2.75) is 13.0 Å². The summed E-state index contributed by atoms with van der Waals surface area (Å²) < 4.78 is 0. The summed E-state index contributed by atoms with van der Waals surface area (Å²) in [5.74, 6) is 0. The van der Waals surface area contributed by atoms with Crippen LogP contribution in [0.1, 0.15) is 18.5 Å². The molecular weight excluding hydrogens is 188 g/mol. The third-order valence-corrected chi connectivity index (χ3v) is 3.06. The first-order chi connectivity index (χ1) is 7.31. The van der Waals surface area contributed by atoms with E-state index in [-0.39, 0.29) is 0 Å². The van der Waals surface area contributed by atoms with Crippen molar-refractivity contribution in [3.05, 3.63) is 35.9 Å². The maximum atomic E-state index is 9.56. The van der Waals surface area contributed by atoms with Crippen LogP contribution < -0.4 is 0 Å². The molecule has 3 nitrogen and oxygen atoms in total. The first-order valence-corrected chi connectivity index (χ1v) is 5.54. The minimum atomic E-state index is 0.329. The fourth-order valence-corrected chi connectivity index (χ4v) is 2.18. The van der Waals surface area contributed by atoms with E-state index in [9.17, 15) is 5.21 Å². The second-order valence-corrected chi connectivity index (χ2v) is 3.97. The number of benzene rings is 1. The molecule has 0 saturated carbocycles. The molecule has 1 aliphatic heterocycles. The maximum Gasteiger partial charge on any atom is 0.0498 e. The van der Waals surface area contributed by atoms with E-state index in [1.54, 1.807) is 0 Å². The summed E-state index contributed by atoms with van der Waals surface area (Å²) in [6.07, 6.45) is 0. The van der Waals surface area contributed by atoms with Crippen LogP contribution in [0.4, 0.5) is 0 Å². The molecule has 1 aromatic rings. The van der Waals surface area contributed by atoms with Crippen molar-refractivity contribution in [3.63, 3.8) is 0 Å². The van der Waals surface area contributed by atoms with Gasteiger partial charge in [-0.2, -0.15) is 5.06 Å². The third kappa shape index (κ3) is 2.37. The van der Waals surface area contributed by atoms with Gasteiger partial charge in [0.1, 0.15) is 0 Å². The summed E-state index contributed by atoms with van der Waals surface area (Å²) in [5, 5.41) is 11.0. The van der Waals surface area contributed by atoms with Crippen molar-refractivity contribution < 1.29 is 5.21 Å². The van der Waals surface area contributed by atoms with Crippen LogP contribution >= 0.6 is 0 Å². The number of rotatable bonds is 2. The second kappa shape index (κ2) is 4.75. The summed E-state index contributed by atoms with van der Waals surface area (Å²) in [5.41, 5.74) is 1.29. The summed E-state index contributed by atoms with van der Waals surface area (Å²) >= 11 is 0. The monoisotopic (exact) mass is 206 g/mol. The van der Waals surface area contributed by atoms with Crippen LogP contribution in [0.5, 0.6) is 0 Å². The van der Waals surface area contributed by atoms with E-state index < -0.39 is 0 Å². The molecule has 1 atom stereocenters. The van der Waals surface area contributed by atoms with Crippen molar-refractivity contribution in [1.29, 1.82) is 0 Å². The van der Waals surface area contributed by atoms with E-state index >= 15 is 0 Å². The number of hydrogen-bond acceptors (Lipinski definition) is 3. The van der Waals surface area contributed by atoms with E-state index in [0.717, 1.165) is 19.6 Å². The van der Waals surface area contributed by atoms with Crippen molar-refractivity contribution in [1.82, 2.24) is 9.96 Å². The van der Waals surface area contributed by atoms with Crippen molar-refractivity contribution in [2.24, 2.45) is 0 Å². The Morgan fingerprint density at radius 1 is 1.27 bits per heavy atom. The Kier molecular flexibility index (Phi) is 3.36. The van der Waals surface area contributed by atoms with Gasteiger partial charge in [0.25, 0.3) is 0 Å². The Balaban J connectivity index is 2.17. The van der Waals surface area contributed by atoms with E-state index in [1.165, 1.54) is 10.6 Å². The van der Waals surface area contributed by atoms with Gasteiger partial charge in [0, 0.05) is 25.7 Å². The third-order valence-electron chi connectivity index (χ3n) is 3.06. The summed E-state index contributed by atoms with van der Waals surface area (Å²) in [6, 6.07) is 10.7. The smallest absolute Gasteiger partial charge is 0.0498 e. The number of hydroxylamine groups is 2. The lowest BCUT2D eigenvalue weighted by atomic mass is 10.0. The average molecular weight is 206 g/mol. The van der Waals surface area contributed by atoms with Gasteiger partial charge < -0.3 is 5.21 Å². The molecule has 1 N–H and O–H groups in total. The standard InChI is InChI=1S/C12H18N2O/c1-2-13-8-9-14(15)10-12(13)11-6-4-3-5-7-11/h3-7,12,15H,2,8-10H2,1H3. The molecule has 1 unspecified atom stereocenters. The molecule has 1 aliphatic rings. The molecule has 82 valence electrons. The van der Waals surface area contributed by atoms with Crippen molar-refractivity contribution in [2.75, 3.05) is 26.2 Å². The molecule has 0 aliphatic carbocycles. The van der Waals surface area contributed by atoms with Gasteiger partial charge in [-0.3, -0.25) is 4.90 Å². The highest BCUT2D eigenvalue weighted by Crippen LogP contribution is 2.23. The van der Waals surface area contributed by atoms with Crippen LogP contribution in [0.25, 0.3) is 0 Å². The van der Waals surface area contributed by atoms with Gasteiger partial charge in [0.05, 0.1) is 0 Å². The minimum Gasteiger partial charge on any atom is -0.314 e. The molecule has 0 spiro atoms. The van der Waals surface area contributed by atoms with Crippen LogP contribution in [-0.4, -0.2) is 41.3 Å². The second-order valence-electron chi connectivity index (χ2n) is 3.97. The van der Waals surface area contributed by atoms with Gasteiger partial charge in [0.2, 0.25) is 0 Å². The van der Waals surface area contributed by atoms with Gasteiger partial charge in [-0.05, 0) is 12.1 Å². The van der Waals surface area contributed by atoms with Gasteiger partial charge >= 0.3 is 0 Å².